The predicted octanol–water partition coefficient (Wildman–Crippen LogP) is 5.19. The minimum Gasteiger partial charge on any atom is -0.378 e. The Labute approximate surface area is 390 Å². The average Bonchev–Trinajstić information content (AvgIpc) is 3.33. The summed E-state index contributed by atoms with van der Waals surface area (Å²) in [4.78, 5) is 22.2. The molecule has 1 N–H and O–H groups in total. The molecule has 0 aliphatic carbocycles. The van der Waals surface area contributed by atoms with Crippen LogP contribution in [0.5, 0.6) is 0 Å². The molecule has 2 aromatic carbocycles. The van der Waals surface area contributed by atoms with Crippen molar-refractivity contribution in [1.82, 2.24) is 0 Å². The molecule has 11 unspecified atom stereocenters. The number of hydrogen-bond donors (Lipinski definition) is 1. The van der Waals surface area contributed by atoms with Crippen molar-refractivity contribution >= 4 is 42.4 Å². The summed E-state index contributed by atoms with van der Waals surface area (Å²) in [5.74, 6) is 0.577. The molecule has 0 aromatic heterocycles. The number of aliphatic hydroxyl groups is 1. The summed E-state index contributed by atoms with van der Waals surface area (Å²) >= 11 is 0. The van der Waals surface area contributed by atoms with Crippen LogP contribution in [0.25, 0.3) is 10.4 Å². The summed E-state index contributed by atoms with van der Waals surface area (Å²) in [6.07, 6.45) is 5.29. The largest absolute Gasteiger partial charge is 0.378 e. The van der Waals surface area contributed by atoms with Crippen LogP contribution >= 0.6 is 0 Å². The van der Waals surface area contributed by atoms with Crippen LogP contribution < -0.4 is 0 Å². The smallest absolute Gasteiger partial charge is 0.264 e. The molecule has 0 saturated carbocycles. The third kappa shape index (κ3) is 20.1. The number of carbonyl (C=O) groups excluding carboxylic acids is 1. The van der Waals surface area contributed by atoms with E-state index < -0.39 is 22.3 Å². The Morgan fingerprint density at radius 1 is 0.697 bits per heavy atom. The summed E-state index contributed by atoms with van der Waals surface area (Å²) in [5, 5.41) is 13.4. The van der Waals surface area contributed by atoms with E-state index in [-0.39, 0.29) is 66.4 Å². The third-order valence-corrected chi connectivity index (χ3v) is 12.2. The van der Waals surface area contributed by atoms with E-state index in [2.05, 4.69) is 26.9 Å². The maximum atomic E-state index is 11.5. The van der Waals surface area contributed by atoms with E-state index >= 15 is 0 Å². The first-order valence-electron chi connectivity index (χ1n) is 22.6. The number of rotatable bonds is 17. The summed E-state index contributed by atoms with van der Waals surface area (Å²) in [6, 6.07) is 19.0. The van der Waals surface area contributed by atoms with E-state index in [4.69, 9.17) is 38.1 Å². The zero-order valence-corrected chi connectivity index (χ0v) is 39.6. The first-order chi connectivity index (χ1) is 31.9. The monoisotopic (exact) mass is 939 g/mol. The molecule has 0 spiro atoms. The van der Waals surface area contributed by atoms with Gasteiger partial charge in [-0.2, -0.15) is 8.42 Å². The summed E-state index contributed by atoms with van der Waals surface area (Å²) < 4.78 is 81.4. The van der Waals surface area contributed by atoms with E-state index in [0.717, 1.165) is 49.2 Å². The molecule has 66 heavy (non-hydrogen) atoms. The van der Waals surface area contributed by atoms with Crippen LogP contribution in [0.2, 0.25) is 0 Å². The second kappa shape index (κ2) is 32.0. The molecule has 0 amide bonds. The Morgan fingerprint density at radius 3 is 1.71 bits per heavy atom. The number of benzene rings is 2. The summed E-state index contributed by atoms with van der Waals surface area (Å²) in [6.45, 7) is 12.6. The van der Waals surface area contributed by atoms with Gasteiger partial charge in [-0.3, -0.25) is 4.18 Å². The van der Waals surface area contributed by atoms with Crippen molar-refractivity contribution in [2.24, 2.45) is 38.8 Å². The number of Topliss-reactive ketones (excluding diaryl/α,β-unsaturated/α-hetero) is 1. The number of carbonyl (C=O) groups is 1. The Kier molecular flexibility index (Phi) is 27.3. The molecule has 4 heterocycles. The van der Waals surface area contributed by atoms with Gasteiger partial charge < -0.3 is 18.9 Å². The Balaban J connectivity index is 0.000000239. The first kappa shape index (κ1) is 56.4. The number of hydrogen-bond acceptors (Lipinski definition) is 16. The molecule has 11 atom stereocenters. The van der Waals surface area contributed by atoms with Crippen molar-refractivity contribution in [1.29, 1.82) is 0 Å². The molecular formula is C45H67B2N5O13S. The fourth-order valence-electron chi connectivity index (χ4n) is 7.78. The molecule has 362 valence electrons. The normalized spacial score (nSPS) is 28.8. The van der Waals surface area contributed by atoms with Crippen molar-refractivity contribution in [3.63, 3.8) is 0 Å². The minimum absolute atomic E-state index is 0.0225. The fourth-order valence-corrected chi connectivity index (χ4v) is 8.47. The van der Waals surface area contributed by atoms with Crippen LogP contribution in [-0.2, 0) is 70.1 Å². The number of aliphatic hydroxyl groups excluding tert-OH is 1. The summed E-state index contributed by atoms with van der Waals surface area (Å²) in [7, 11) is -2.29. The second-order valence-corrected chi connectivity index (χ2v) is 17.9. The molecule has 0 radical (unpaired) electrons. The van der Waals surface area contributed by atoms with Gasteiger partial charge in [0.2, 0.25) is 0 Å². The average molecular weight is 940 g/mol. The van der Waals surface area contributed by atoms with Gasteiger partial charge in [-0.1, -0.05) is 86.0 Å². The Morgan fingerprint density at radius 2 is 1.18 bits per heavy atom. The van der Waals surface area contributed by atoms with Gasteiger partial charge in [-0.05, 0) is 29.0 Å². The zero-order chi connectivity index (χ0) is 48.2. The predicted molar refractivity (Wildman–Crippen MR) is 250 cm³/mol. The van der Waals surface area contributed by atoms with Crippen molar-refractivity contribution < 1.29 is 60.3 Å². The van der Waals surface area contributed by atoms with Gasteiger partial charge in [0.05, 0.1) is 51.4 Å². The van der Waals surface area contributed by atoms with Crippen LogP contribution in [0, 0.1) is 23.7 Å². The Bertz CT molecular complexity index is 1920. The maximum Gasteiger partial charge on any atom is 0.264 e. The third-order valence-electron chi connectivity index (χ3n) is 11.6. The van der Waals surface area contributed by atoms with Crippen molar-refractivity contribution in [2.45, 2.75) is 109 Å². The minimum atomic E-state index is -3.52. The van der Waals surface area contributed by atoms with Gasteiger partial charge in [0.15, 0.2) is 0 Å². The number of aliphatic imine (C=N–C) groups is 2. The van der Waals surface area contributed by atoms with E-state index in [0.29, 0.717) is 73.8 Å². The van der Waals surface area contributed by atoms with E-state index in [1.54, 1.807) is 0 Å². The van der Waals surface area contributed by atoms with Crippen molar-refractivity contribution in [3.8, 4) is 0 Å². The van der Waals surface area contributed by atoms with E-state index in [9.17, 15) is 27.7 Å². The van der Waals surface area contributed by atoms with Gasteiger partial charge in [0.1, 0.15) is 12.2 Å². The van der Waals surface area contributed by atoms with Gasteiger partial charge in [0, 0.05) is 17.4 Å². The number of nitrogens with zero attached hydrogens (tertiary/aromatic N) is 5. The topological polar surface area (TPSA) is 244 Å². The van der Waals surface area contributed by atoms with Crippen molar-refractivity contribution in [3.05, 3.63) is 82.2 Å². The van der Waals surface area contributed by atoms with Crippen molar-refractivity contribution in [2.75, 3.05) is 59.1 Å². The molecule has 6 rings (SSSR count). The van der Waals surface area contributed by atoms with Crippen LogP contribution in [-0.4, -0.2) is 147 Å². The molecule has 18 nitrogen and oxygen atoms in total. The summed E-state index contributed by atoms with van der Waals surface area (Å²) in [5.41, 5.74) is 10.8. The van der Waals surface area contributed by atoms with Crippen LogP contribution in [0.1, 0.15) is 64.5 Å². The zero-order valence-electron chi connectivity index (χ0n) is 38.8. The van der Waals surface area contributed by atoms with E-state index in [1.807, 2.05) is 81.4 Å². The first-order valence-corrected chi connectivity index (χ1v) is 24.4. The number of ketones is 1. The van der Waals surface area contributed by atoms with Gasteiger partial charge >= 0.3 is 154 Å². The van der Waals surface area contributed by atoms with Gasteiger partial charge in [-0.25, -0.2) is 0 Å². The quantitative estimate of drug-likeness (QED) is 0.0537. The Hall–Kier alpha value is -3.88. The molecule has 4 fully saturated rings. The van der Waals surface area contributed by atoms with Crippen LogP contribution in [0.3, 0.4) is 0 Å². The van der Waals surface area contributed by atoms with Gasteiger partial charge in [0.25, 0.3) is 10.1 Å². The maximum absolute atomic E-state index is 11.5. The number of azide groups is 1. The molecule has 21 heteroatoms. The van der Waals surface area contributed by atoms with Crippen LogP contribution in [0.15, 0.2) is 75.8 Å². The molecule has 4 aliphatic heterocycles. The second-order valence-electron chi connectivity index (χ2n) is 16.3. The molecular weight excluding hydrogens is 872 g/mol. The standard InChI is InChI=1S/C15H22O5S.C14H19N3O2.C8H14BNO3.C8H12BNO3/c1-3-13-10-18-11-14(15(13)20-21(2,16)17)19-9-12-7-5-4-6-8-12;1-2-12-9-18-10-13(14(12)16-17-15)19-8-11-6-4-3-5-7-11;2*1-2-6-3-13-4-7(11)8(6)10-5-9-12/h4-8,13-15H,3,9-11H2,1-2H3;3-7,12-14H,2,8-10H2,1H3;5-8,11H,2-4H2,1H3;5-6,8H,2-4H2,1H3. The molecule has 4 aliphatic rings. The van der Waals surface area contributed by atoms with Gasteiger partial charge in [-0.15, -0.1) is 0 Å². The fraction of sp³-hybridized carbons (Fsp3) is 0.667. The SMILES string of the molecule is CCC1COCC(=O)C1N=CB=O.CCC1COCC(O)C1N=CB=O.CCC1COCC(OCc2ccccc2)C1N=[N+]=[N-].CCC1COCC(OCc2ccccc2)C1OS(C)(=O)=O. The molecule has 4 saturated heterocycles. The number of ether oxygens (including phenoxy) is 6. The van der Waals surface area contributed by atoms with Crippen LogP contribution in [0.4, 0.5) is 0 Å². The molecule has 2 aromatic rings. The molecule has 0 bridgehead atoms. The van der Waals surface area contributed by atoms with E-state index in [1.165, 1.54) is 6.11 Å².